The number of aromatic nitrogens is 3. The second kappa shape index (κ2) is 6.80. The van der Waals surface area contributed by atoms with Gasteiger partial charge in [-0.15, -0.1) is 10.2 Å². The summed E-state index contributed by atoms with van der Waals surface area (Å²) in [4.78, 5) is 12.2. The molecule has 0 unspecified atom stereocenters. The molecule has 3 rings (SSSR count). The highest BCUT2D eigenvalue weighted by atomic mass is 19.1. The molecule has 0 spiro atoms. The van der Waals surface area contributed by atoms with E-state index in [4.69, 9.17) is 0 Å². The summed E-state index contributed by atoms with van der Waals surface area (Å²) in [5.41, 5.74) is 1.17. The summed E-state index contributed by atoms with van der Waals surface area (Å²) in [6, 6.07) is 10.0. The molecule has 5 nitrogen and oxygen atoms in total. The summed E-state index contributed by atoms with van der Waals surface area (Å²) in [5.74, 6) is -0.246. The zero-order valence-electron chi connectivity index (χ0n) is 13.8. The highest BCUT2D eigenvalue weighted by Crippen LogP contribution is 2.22. The van der Waals surface area contributed by atoms with E-state index in [9.17, 15) is 13.6 Å². The Morgan fingerprint density at radius 1 is 1.08 bits per heavy atom. The largest absolute Gasteiger partial charge is 0.345 e. The fraction of sp³-hybridized carbons (Fsp3) is 0.167. The van der Waals surface area contributed by atoms with Gasteiger partial charge in [0.1, 0.15) is 17.5 Å². The highest BCUT2D eigenvalue weighted by molar-refractivity contribution is 5.94. The first-order chi connectivity index (χ1) is 12.0. The lowest BCUT2D eigenvalue weighted by Crippen LogP contribution is -2.25. The maximum Gasteiger partial charge on any atom is 0.254 e. The molecule has 0 fully saturated rings. The predicted octanol–water partition coefficient (Wildman–Crippen LogP) is 3.00. The van der Waals surface area contributed by atoms with Gasteiger partial charge in [0.15, 0.2) is 5.82 Å². The maximum absolute atomic E-state index is 14.3. The van der Waals surface area contributed by atoms with Gasteiger partial charge in [-0.2, -0.15) is 0 Å². The van der Waals surface area contributed by atoms with E-state index in [1.165, 1.54) is 24.3 Å². The minimum atomic E-state index is -0.645. The van der Waals surface area contributed by atoms with Gasteiger partial charge in [-0.3, -0.25) is 4.79 Å². The molecule has 1 N–H and O–H groups in total. The van der Waals surface area contributed by atoms with E-state index in [0.29, 0.717) is 17.0 Å². The molecule has 0 radical (unpaired) electrons. The van der Waals surface area contributed by atoms with Crippen molar-refractivity contribution in [3.63, 3.8) is 0 Å². The molecule has 0 bridgehead atoms. The van der Waals surface area contributed by atoms with Crippen molar-refractivity contribution in [2.45, 2.75) is 13.5 Å². The smallest absolute Gasteiger partial charge is 0.254 e. The molecule has 0 saturated carbocycles. The number of amides is 1. The van der Waals surface area contributed by atoms with Crippen LogP contribution < -0.4 is 5.32 Å². The minimum absolute atomic E-state index is 0.0650. The molecule has 0 saturated heterocycles. The third kappa shape index (κ3) is 3.55. The molecular weight excluding hydrogens is 326 g/mol. The van der Waals surface area contributed by atoms with Crippen molar-refractivity contribution in [1.29, 1.82) is 0 Å². The number of rotatable bonds is 4. The normalized spacial score (nSPS) is 10.7. The van der Waals surface area contributed by atoms with Crippen LogP contribution in [-0.2, 0) is 13.6 Å². The molecule has 0 aliphatic rings. The molecule has 0 aliphatic carbocycles. The van der Waals surface area contributed by atoms with Crippen molar-refractivity contribution >= 4 is 5.91 Å². The number of hydrogen-bond donors (Lipinski definition) is 1. The summed E-state index contributed by atoms with van der Waals surface area (Å²) >= 11 is 0. The number of nitrogens with one attached hydrogen (secondary N) is 1. The molecule has 2 aromatic carbocycles. The van der Waals surface area contributed by atoms with Crippen molar-refractivity contribution in [3.05, 3.63) is 71.3 Å². The molecule has 128 valence electrons. The number of nitrogens with zero attached hydrogens (tertiary/aromatic N) is 3. The lowest BCUT2D eigenvalue weighted by molar-refractivity contribution is 0.0945. The summed E-state index contributed by atoms with van der Waals surface area (Å²) in [6.45, 7) is 1.95. The van der Waals surface area contributed by atoms with Crippen LogP contribution in [0.15, 0.2) is 42.5 Å². The molecule has 0 atom stereocenters. The van der Waals surface area contributed by atoms with Crippen molar-refractivity contribution in [2.24, 2.45) is 7.05 Å². The van der Waals surface area contributed by atoms with E-state index in [2.05, 4.69) is 15.5 Å². The van der Waals surface area contributed by atoms with Crippen LogP contribution in [0.3, 0.4) is 0 Å². The quantitative estimate of drug-likeness (QED) is 0.793. The number of benzene rings is 2. The van der Waals surface area contributed by atoms with Gasteiger partial charge in [-0.25, -0.2) is 8.78 Å². The van der Waals surface area contributed by atoms with E-state index in [0.717, 1.165) is 5.82 Å². The van der Waals surface area contributed by atoms with Crippen molar-refractivity contribution in [1.82, 2.24) is 20.1 Å². The summed E-state index contributed by atoms with van der Waals surface area (Å²) in [6.07, 6.45) is 0. The molecule has 1 heterocycles. The van der Waals surface area contributed by atoms with Crippen molar-refractivity contribution in [2.75, 3.05) is 0 Å². The van der Waals surface area contributed by atoms with Crippen LogP contribution in [0, 0.1) is 18.6 Å². The predicted molar refractivity (Wildman–Crippen MR) is 88.7 cm³/mol. The Hall–Kier alpha value is -3.09. The monoisotopic (exact) mass is 342 g/mol. The van der Waals surface area contributed by atoms with E-state index < -0.39 is 11.7 Å². The average molecular weight is 342 g/mol. The van der Waals surface area contributed by atoms with Gasteiger partial charge in [0.25, 0.3) is 5.91 Å². The Balaban J connectivity index is 1.75. The van der Waals surface area contributed by atoms with Gasteiger partial charge in [0.05, 0.1) is 12.1 Å². The van der Waals surface area contributed by atoms with Crippen LogP contribution in [0.4, 0.5) is 8.78 Å². The van der Waals surface area contributed by atoms with E-state index in [1.807, 2.05) is 0 Å². The Kier molecular flexibility index (Phi) is 4.56. The van der Waals surface area contributed by atoms with Crippen LogP contribution in [0.1, 0.15) is 22.0 Å². The molecule has 1 amide bonds. The third-order valence-electron chi connectivity index (χ3n) is 3.98. The lowest BCUT2D eigenvalue weighted by Gasteiger charge is -2.08. The summed E-state index contributed by atoms with van der Waals surface area (Å²) in [5, 5.41) is 10.5. The second-order valence-electron chi connectivity index (χ2n) is 5.61. The molecule has 0 aliphatic heterocycles. The van der Waals surface area contributed by atoms with Gasteiger partial charge >= 0.3 is 0 Å². The standard InChI is InChI=1S/C18H16F2N4O/c1-11-22-23-17(24(11)2)10-21-18(25)15-8-5-13(9-16(15)20)12-3-6-14(19)7-4-12/h3-9H,10H2,1-2H3,(H,21,25). The van der Waals surface area contributed by atoms with Crippen LogP contribution >= 0.6 is 0 Å². The topological polar surface area (TPSA) is 59.8 Å². The highest BCUT2D eigenvalue weighted by Gasteiger charge is 2.14. The number of carbonyl (C=O) groups excluding carboxylic acids is 1. The van der Waals surface area contributed by atoms with Crippen LogP contribution in [-0.4, -0.2) is 20.7 Å². The van der Waals surface area contributed by atoms with Crippen molar-refractivity contribution < 1.29 is 13.6 Å². The van der Waals surface area contributed by atoms with E-state index in [1.54, 1.807) is 36.7 Å². The van der Waals surface area contributed by atoms with Gasteiger partial charge in [0.2, 0.25) is 0 Å². The Morgan fingerprint density at radius 3 is 2.36 bits per heavy atom. The fourth-order valence-corrected chi connectivity index (χ4v) is 2.38. The van der Waals surface area contributed by atoms with Gasteiger partial charge in [-0.05, 0) is 42.3 Å². The summed E-state index contributed by atoms with van der Waals surface area (Å²) < 4.78 is 29.0. The molecule has 1 aromatic heterocycles. The van der Waals surface area contributed by atoms with Crippen LogP contribution in [0.25, 0.3) is 11.1 Å². The SMILES string of the molecule is Cc1nnc(CNC(=O)c2ccc(-c3ccc(F)cc3)cc2F)n1C. The average Bonchev–Trinajstić information content (AvgIpc) is 2.92. The Labute approximate surface area is 143 Å². The zero-order valence-corrected chi connectivity index (χ0v) is 13.8. The van der Waals surface area contributed by atoms with Gasteiger partial charge in [-0.1, -0.05) is 18.2 Å². The fourth-order valence-electron chi connectivity index (χ4n) is 2.38. The van der Waals surface area contributed by atoms with Gasteiger partial charge in [0, 0.05) is 7.05 Å². The first-order valence-electron chi connectivity index (χ1n) is 7.64. The number of hydrogen-bond acceptors (Lipinski definition) is 3. The molecule has 3 aromatic rings. The molecular formula is C18H16F2N4O. The van der Waals surface area contributed by atoms with Gasteiger partial charge < -0.3 is 9.88 Å². The zero-order chi connectivity index (χ0) is 18.0. The second-order valence-corrected chi connectivity index (χ2v) is 5.61. The van der Waals surface area contributed by atoms with E-state index in [-0.39, 0.29) is 17.9 Å². The minimum Gasteiger partial charge on any atom is -0.345 e. The van der Waals surface area contributed by atoms with Crippen molar-refractivity contribution in [3.8, 4) is 11.1 Å². The first-order valence-corrected chi connectivity index (χ1v) is 7.64. The van der Waals surface area contributed by atoms with Crippen LogP contribution in [0.2, 0.25) is 0 Å². The number of carbonyl (C=O) groups is 1. The molecule has 7 heteroatoms. The number of halogens is 2. The Bertz CT molecular complexity index is 919. The summed E-state index contributed by atoms with van der Waals surface area (Å²) in [7, 11) is 1.79. The molecule has 25 heavy (non-hydrogen) atoms. The first kappa shape index (κ1) is 16.8. The lowest BCUT2D eigenvalue weighted by atomic mass is 10.0. The third-order valence-corrected chi connectivity index (χ3v) is 3.98. The Morgan fingerprint density at radius 2 is 1.76 bits per heavy atom. The maximum atomic E-state index is 14.3. The van der Waals surface area contributed by atoms with Crippen LogP contribution in [0.5, 0.6) is 0 Å². The number of aryl methyl sites for hydroxylation is 1. The van der Waals surface area contributed by atoms with E-state index >= 15 is 0 Å².